The molecule has 0 saturated heterocycles. The van der Waals surface area contributed by atoms with Crippen LogP contribution in [0.5, 0.6) is 0 Å². The molecule has 0 fully saturated rings. The second-order valence-electron chi connectivity index (χ2n) is 5.57. The average molecular weight is 335 g/mol. The Bertz CT molecular complexity index is 1180. The Morgan fingerprint density at radius 1 is 1.12 bits per heavy atom. The van der Waals surface area contributed by atoms with Crippen molar-refractivity contribution < 1.29 is 4.42 Å². The van der Waals surface area contributed by atoms with Gasteiger partial charge in [-0.2, -0.15) is 0 Å². The number of hydrogen-bond donors (Lipinski definition) is 0. The number of fused-ring (bicyclic) bond motifs is 1. The van der Waals surface area contributed by atoms with E-state index in [2.05, 4.69) is 15.2 Å². The zero-order valence-electron chi connectivity index (χ0n) is 13.3. The van der Waals surface area contributed by atoms with Crippen molar-refractivity contribution in [3.8, 4) is 11.5 Å². The molecule has 0 atom stereocenters. The fraction of sp³-hybridized carbons (Fsp3) is 0.118. The van der Waals surface area contributed by atoms with Gasteiger partial charge in [0, 0.05) is 24.0 Å². The molecule has 0 spiro atoms. The predicted molar refractivity (Wildman–Crippen MR) is 89.3 cm³/mol. The van der Waals surface area contributed by atoms with Crippen LogP contribution in [0.1, 0.15) is 11.4 Å². The van der Waals surface area contributed by atoms with E-state index in [4.69, 9.17) is 4.42 Å². The Hall–Kier alpha value is -3.55. The monoisotopic (exact) mass is 335 g/mol. The standard InChI is InChI=1S/C17H13N5O3/c1-11-3-2-4-14-19-13(7-16(24)22(11)14)9-21-8-12(5-6-15(21)23)17-20-18-10-25-17/h2-8,10H,9H2,1H3. The van der Waals surface area contributed by atoms with Gasteiger partial charge >= 0.3 is 0 Å². The van der Waals surface area contributed by atoms with Gasteiger partial charge in [-0.05, 0) is 25.1 Å². The number of hydrogen-bond acceptors (Lipinski definition) is 6. The lowest BCUT2D eigenvalue weighted by Crippen LogP contribution is -2.23. The lowest BCUT2D eigenvalue weighted by Gasteiger charge is -2.09. The highest BCUT2D eigenvalue weighted by atomic mass is 16.4. The molecule has 0 aliphatic heterocycles. The summed E-state index contributed by atoms with van der Waals surface area (Å²) in [6.07, 6.45) is 2.83. The molecule has 0 aliphatic carbocycles. The Kier molecular flexibility index (Phi) is 3.50. The number of rotatable bonds is 3. The highest BCUT2D eigenvalue weighted by Gasteiger charge is 2.09. The van der Waals surface area contributed by atoms with Gasteiger partial charge in [0.05, 0.1) is 17.8 Å². The van der Waals surface area contributed by atoms with Gasteiger partial charge in [0.15, 0.2) is 0 Å². The van der Waals surface area contributed by atoms with Gasteiger partial charge in [-0.25, -0.2) is 4.98 Å². The fourth-order valence-corrected chi connectivity index (χ4v) is 2.70. The minimum absolute atomic E-state index is 0.167. The van der Waals surface area contributed by atoms with E-state index in [-0.39, 0.29) is 17.7 Å². The Morgan fingerprint density at radius 3 is 2.80 bits per heavy atom. The second kappa shape index (κ2) is 5.82. The van der Waals surface area contributed by atoms with Crippen molar-refractivity contribution in [2.45, 2.75) is 13.5 Å². The maximum atomic E-state index is 12.4. The normalized spacial score (nSPS) is 11.1. The first-order valence-electron chi connectivity index (χ1n) is 7.57. The third-order valence-electron chi connectivity index (χ3n) is 3.86. The lowest BCUT2D eigenvalue weighted by molar-refractivity contribution is 0.567. The minimum Gasteiger partial charge on any atom is -0.423 e. The Labute approximate surface area is 141 Å². The molecule has 0 N–H and O–H groups in total. The summed E-state index contributed by atoms with van der Waals surface area (Å²) in [6.45, 7) is 2.01. The summed E-state index contributed by atoms with van der Waals surface area (Å²) < 4.78 is 8.13. The van der Waals surface area contributed by atoms with E-state index in [1.165, 1.54) is 27.5 Å². The largest absolute Gasteiger partial charge is 0.423 e. The molecule has 4 aromatic rings. The van der Waals surface area contributed by atoms with Crippen LogP contribution in [0.3, 0.4) is 0 Å². The summed E-state index contributed by atoms with van der Waals surface area (Å²) in [6, 6.07) is 9.90. The van der Waals surface area contributed by atoms with Crippen LogP contribution in [0.4, 0.5) is 0 Å². The van der Waals surface area contributed by atoms with Crippen molar-refractivity contribution in [2.24, 2.45) is 0 Å². The van der Waals surface area contributed by atoms with Gasteiger partial charge in [-0.1, -0.05) is 6.07 Å². The molecule has 0 bridgehead atoms. The number of pyridine rings is 2. The van der Waals surface area contributed by atoms with Gasteiger partial charge in [0.1, 0.15) is 5.65 Å². The van der Waals surface area contributed by atoms with Crippen LogP contribution in [-0.4, -0.2) is 24.1 Å². The molecule has 0 saturated carbocycles. The van der Waals surface area contributed by atoms with E-state index in [9.17, 15) is 9.59 Å². The third kappa shape index (κ3) is 2.74. The minimum atomic E-state index is -0.213. The summed E-state index contributed by atoms with van der Waals surface area (Å²) in [5.74, 6) is 0.316. The first-order valence-corrected chi connectivity index (χ1v) is 7.57. The van der Waals surface area contributed by atoms with Gasteiger partial charge < -0.3 is 8.98 Å². The van der Waals surface area contributed by atoms with Crippen molar-refractivity contribution in [1.29, 1.82) is 0 Å². The molecule has 124 valence electrons. The molecule has 8 heteroatoms. The van der Waals surface area contributed by atoms with E-state index in [0.29, 0.717) is 22.8 Å². The second-order valence-corrected chi connectivity index (χ2v) is 5.57. The van der Waals surface area contributed by atoms with Crippen molar-refractivity contribution in [1.82, 2.24) is 24.1 Å². The molecule has 0 aliphatic rings. The van der Waals surface area contributed by atoms with Crippen molar-refractivity contribution in [3.63, 3.8) is 0 Å². The Balaban J connectivity index is 1.78. The van der Waals surface area contributed by atoms with Crippen LogP contribution in [0.15, 0.2) is 63.0 Å². The molecule has 0 radical (unpaired) electrons. The van der Waals surface area contributed by atoms with Gasteiger partial charge in [0.2, 0.25) is 12.3 Å². The molecule has 4 heterocycles. The molecular formula is C17H13N5O3. The maximum absolute atomic E-state index is 12.4. The number of nitrogens with zero attached hydrogens (tertiary/aromatic N) is 5. The summed E-state index contributed by atoms with van der Waals surface area (Å²) >= 11 is 0. The highest BCUT2D eigenvalue weighted by Crippen LogP contribution is 2.14. The maximum Gasteiger partial charge on any atom is 0.258 e. The molecule has 0 unspecified atom stereocenters. The summed E-state index contributed by atoms with van der Waals surface area (Å²) in [5.41, 5.74) is 2.07. The van der Waals surface area contributed by atoms with Crippen LogP contribution < -0.4 is 11.1 Å². The topological polar surface area (TPSA) is 95.3 Å². The van der Waals surface area contributed by atoms with Crippen molar-refractivity contribution in [3.05, 3.63) is 81.1 Å². The van der Waals surface area contributed by atoms with Crippen LogP contribution in [0, 0.1) is 6.92 Å². The van der Waals surface area contributed by atoms with Gasteiger partial charge in [-0.15, -0.1) is 10.2 Å². The Morgan fingerprint density at radius 2 is 2.00 bits per heavy atom. The molecule has 4 rings (SSSR count). The third-order valence-corrected chi connectivity index (χ3v) is 3.86. The van der Waals surface area contributed by atoms with Gasteiger partial charge in [0.25, 0.3) is 11.1 Å². The van der Waals surface area contributed by atoms with E-state index < -0.39 is 0 Å². The summed E-state index contributed by atoms with van der Waals surface area (Å²) in [4.78, 5) is 29.0. The quantitative estimate of drug-likeness (QED) is 0.559. The first-order chi connectivity index (χ1) is 12.1. The number of aryl methyl sites for hydroxylation is 1. The van der Waals surface area contributed by atoms with Crippen LogP contribution in [0.2, 0.25) is 0 Å². The molecule has 25 heavy (non-hydrogen) atoms. The smallest absolute Gasteiger partial charge is 0.258 e. The summed E-state index contributed by atoms with van der Waals surface area (Å²) in [5, 5.41) is 7.46. The van der Waals surface area contributed by atoms with E-state index in [1.807, 2.05) is 19.1 Å². The molecule has 4 aromatic heterocycles. The summed E-state index contributed by atoms with van der Waals surface area (Å²) in [7, 11) is 0. The highest BCUT2D eigenvalue weighted by molar-refractivity contribution is 5.50. The van der Waals surface area contributed by atoms with Crippen molar-refractivity contribution in [2.75, 3.05) is 0 Å². The van der Waals surface area contributed by atoms with Crippen LogP contribution in [-0.2, 0) is 6.54 Å². The van der Waals surface area contributed by atoms with E-state index in [1.54, 1.807) is 18.3 Å². The fourth-order valence-electron chi connectivity index (χ4n) is 2.70. The number of aromatic nitrogens is 5. The SMILES string of the molecule is Cc1cccc2nc(Cn3cc(-c4nnco4)ccc3=O)cc(=O)n12. The lowest BCUT2D eigenvalue weighted by atomic mass is 10.2. The molecular weight excluding hydrogens is 322 g/mol. The average Bonchev–Trinajstić information content (AvgIpc) is 3.11. The van der Waals surface area contributed by atoms with E-state index in [0.717, 1.165) is 5.69 Å². The molecule has 8 nitrogen and oxygen atoms in total. The zero-order valence-corrected chi connectivity index (χ0v) is 13.3. The van der Waals surface area contributed by atoms with Crippen LogP contribution >= 0.6 is 0 Å². The predicted octanol–water partition coefficient (Wildman–Crippen LogP) is 1.26. The van der Waals surface area contributed by atoms with Crippen molar-refractivity contribution >= 4 is 5.65 Å². The molecule has 0 aromatic carbocycles. The first kappa shape index (κ1) is 15.0. The van der Waals surface area contributed by atoms with E-state index >= 15 is 0 Å². The van der Waals surface area contributed by atoms with Gasteiger partial charge in [-0.3, -0.25) is 14.0 Å². The zero-order chi connectivity index (χ0) is 17.4. The van der Waals surface area contributed by atoms with Crippen LogP contribution in [0.25, 0.3) is 17.1 Å². The molecule has 0 amide bonds.